The number of pyridine rings is 1. The fourth-order valence-electron chi connectivity index (χ4n) is 3.58. The van der Waals surface area contributed by atoms with Crippen molar-refractivity contribution in [2.75, 3.05) is 13.1 Å². The molecule has 1 aliphatic heterocycles. The van der Waals surface area contributed by atoms with E-state index < -0.39 is 0 Å². The summed E-state index contributed by atoms with van der Waals surface area (Å²) >= 11 is 0. The zero-order valence-electron chi connectivity index (χ0n) is 16.4. The van der Waals surface area contributed by atoms with Gasteiger partial charge in [0.2, 0.25) is 5.91 Å². The van der Waals surface area contributed by atoms with Crippen LogP contribution in [0.2, 0.25) is 0 Å². The molecule has 2 heterocycles. The van der Waals surface area contributed by atoms with Gasteiger partial charge in [0.25, 0.3) is 0 Å². The van der Waals surface area contributed by atoms with Crippen molar-refractivity contribution in [2.45, 2.75) is 52.5 Å². The average molecular weight is 367 g/mol. The summed E-state index contributed by atoms with van der Waals surface area (Å²) < 4.78 is 5.82. The topological polar surface area (TPSA) is 54.5 Å². The molecule has 1 N–H and O–H groups in total. The van der Waals surface area contributed by atoms with Crippen LogP contribution in [0.25, 0.3) is 0 Å². The van der Waals surface area contributed by atoms with E-state index in [4.69, 9.17) is 4.74 Å². The Morgan fingerprint density at radius 1 is 1.15 bits per heavy atom. The molecule has 1 fully saturated rings. The Kier molecular flexibility index (Phi) is 6.58. The van der Waals surface area contributed by atoms with Crippen molar-refractivity contribution in [1.29, 1.82) is 0 Å². The quantitative estimate of drug-likeness (QED) is 0.853. The molecular formula is C22H29N3O2. The second-order valence-electron chi connectivity index (χ2n) is 7.48. The summed E-state index contributed by atoms with van der Waals surface area (Å²) in [5, 5.41) is 3.05. The van der Waals surface area contributed by atoms with Gasteiger partial charge in [0.15, 0.2) is 0 Å². The van der Waals surface area contributed by atoms with Gasteiger partial charge in [0.1, 0.15) is 0 Å². The normalized spacial score (nSPS) is 20.4. The number of aryl methyl sites for hydroxylation is 1. The van der Waals surface area contributed by atoms with Crippen LogP contribution >= 0.6 is 0 Å². The van der Waals surface area contributed by atoms with Crippen LogP contribution in [0.3, 0.4) is 0 Å². The highest BCUT2D eigenvalue weighted by atomic mass is 16.5. The number of ether oxygens (including phenoxy) is 1. The number of aromatic nitrogens is 1. The molecule has 0 aliphatic carbocycles. The summed E-state index contributed by atoms with van der Waals surface area (Å²) in [6, 6.07) is 12.2. The van der Waals surface area contributed by atoms with Crippen LogP contribution in [-0.2, 0) is 29.0 Å². The van der Waals surface area contributed by atoms with Crippen molar-refractivity contribution in [1.82, 2.24) is 15.2 Å². The smallest absolute Gasteiger partial charge is 0.224 e. The van der Waals surface area contributed by atoms with Crippen molar-refractivity contribution in [3.63, 3.8) is 0 Å². The number of hydrogen-bond acceptors (Lipinski definition) is 4. The first-order chi connectivity index (χ1) is 13.0. The van der Waals surface area contributed by atoms with Crippen molar-refractivity contribution in [3.05, 3.63) is 65.0 Å². The minimum absolute atomic E-state index is 0.0177. The largest absolute Gasteiger partial charge is 0.373 e. The molecule has 0 bridgehead atoms. The lowest BCUT2D eigenvalue weighted by atomic mass is 10.1. The lowest BCUT2D eigenvalue weighted by Crippen LogP contribution is -2.45. The molecule has 5 heteroatoms. The van der Waals surface area contributed by atoms with Crippen LogP contribution in [0.1, 0.15) is 36.2 Å². The molecule has 144 valence electrons. The summed E-state index contributed by atoms with van der Waals surface area (Å²) in [4.78, 5) is 19.0. The summed E-state index contributed by atoms with van der Waals surface area (Å²) in [7, 11) is 0. The maximum atomic E-state index is 12.3. The van der Waals surface area contributed by atoms with Crippen molar-refractivity contribution < 1.29 is 9.53 Å². The van der Waals surface area contributed by atoms with Crippen LogP contribution < -0.4 is 5.32 Å². The van der Waals surface area contributed by atoms with Crippen LogP contribution in [0, 0.1) is 6.92 Å². The van der Waals surface area contributed by atoms with Crippen LogP contribution in [0.4, 0.5) is 0 Å². The van der Waals surface area contributed by atoms with E-state index in [1.54, 1.807) is 6.20 Å². The molecule has 0 radical (unpaired) electrons. The molecule has 1 saturated heterocycles. The SMILES string of the molecule is Cc1ccc(CC(=O)NCc2ccccc2CN2CC(C)OC(C)C2)cn1. The summed E-state index contributed by atoms with van der Waals surface area (Å²) in [6.07, 6.45) is 2.63. The Balaban J connectivity index is 1.57. The number of benzene rings is 1. The van der Waals surface area contributed by atoms with Gasteiger partial charge in [-0.1, -0.05) is 30.3 Å². The summed E-state index contributed by atoms with van der Waals surface area (Å²) in [5.74, 6) is 0.0177. The molecular weight excluding hydrogens is 338 g/mol. The number of morpholine rings is 1. The Morgan fingerprint density at radius 2 is 1.85 bits per heavy atom. The third-order valence-electron chi connectivity index (χ3n) is 4.82. The van der Waals surface area contributed by atoms with E-state index in [0.717, 1.165) is 30.9 Å². The molecule has 2 aromatic rings. The van der Waals surface area contributed by atoms with Crippen LogP contribution in [0.5, 0.6) is 0 Å². The van der Waals surface area contributed by atoms with Gasteiger partial charge in [-0.25, -0.2) is 0 Å². The van der Waals surface area contributed by atoms with Gasteiger partial charge in [0.05, 0.1) is 18.6 Å². The number of nitrogens with zero attached hydrogens (tertiary/aromatic N) is 2. The minimum Gasteiger partial charge on any atom is -0.373 e. The molecule has 1 amide bonds. The van der Waals surface area contributed by atoms with Gasteiger partial charge in [-0.15, -0.1) is 0 Å². The first kappa shape index (κ1) is 19.5. The predicted molar refractivity (Wildman–Crippen MR) is 106 cm³/mol. The zero-order valence-corrected chi connectivity index (χ0v) is 16.4. The molecule has 0 spiro atoms. The molecule has 5 nitrogen and oxygen atoms in total. The van der Waals surface area contributed by atoms with Crippen molar-refractivity contribution in [3.8, 4) is 0 Å². The molecule has 27 heavy (non-hydrogen) atoms. The monoisotopic (exact) mass is 367 g/mol. The van der Waals surface area contributed by atoms with Gasteiger partial charge in [-0.3, -0.25) is 14.7 Å². The highest BCUT2D eigenvalue weighted by molar-refractivity contribution is 5.78. The van der Waals surface area contributed by atoms with E-state index in [-0.39, 0.29) is 18.1 Å². The zero-order chi connectivity index (χ0) is 19.2. The summed E-state index contributed by atoms with van der Waals surface area (Å²) in [6.45, 7) is 9.48. The van der Waals surface area contributed by atoms with E-state index in [2.05, 4.69) is 47.2 Å². The molecule has 1 aromatic heterocycles. The lowest BCUT2D eigenvalue weighted by molar-refractivity contribution is -0.120. The number of rotatable bonds is 6. The molecule has 1 aromatic carbocycles. The predicted octanol–water partition coefficient (Wildman–Crippen LogP) is 2.86. The second-order valence-corrected chi connectivity index (χ2v) is 7.48. The third kappa shape index (κ3) is 5.88. The Labute approximate surface area is 161 Å². The van der Waals surface area contributed by atoms with Gasteiger partial charge in [0, 0.05) is 38.1 Å². The van der Waals surface area contributed by atoms with Crippen LogP contribution in [0.15, 0.2) is 42.6 Å². The van der Waals surface area contributed by atoms with E-state index >= 15 is 0 Å². The van der Waals surface area contributed by atoms with Gasteiger partial charge < -0.3 is 10.1 Å². The maximum Gasteiger partial charge on any atom is 0.224 e. The summed E-state index contributed by atoms with van der Waals surface area (Å²) in [5.41, 5.74) is 4.32. The molecule has 2 atom stereocenters. The Hall–Kier alpha value is -2.24. The van der Waals surface area contributed by atoms with E-state index in [1.165, 1.54) is 11.1 Å². The third-order valence-corrected chi connectivity index (χ3v) is 4.82. The minimum atomic E-state index is 0.0177. The standard InChI is InChI=1S/C22H29N3O2/c1-16-8-9-19(11-23-16)10-22(26)24-12-20-6-4-5-7-21(20)15-25-13-17(2)27-18(3)14-25/h4-9,11,17-18H,10,12-15H2,1-3H3,(H,24,26). The van der Waals surface area contributed by atoms with Gasteiger partial charge in [-0.2, -0.15) is 0 Å². The fraction of sp³-hybridized carbons (Fsp3) is 0.455. The van der Waals surface area contributed by atoms with Gasteiger partial charge in [-0.05, 0) is 43.5 Å². The van der Waals surface area contributed by atoms with Crippen molar-refractivity contribution in [2.24, 2.45) is 0 Å². The van der Waals surface area contributed by atoms with Crippen LogP contribution in [-0.4, -0.2) is 41.1 Å². The number of carbonyl (C=O) groups is 1. The number of hydrogen-bond donors (Lipinski definition) is 1. The highest BCUT2D eigenvalue weighted by Crippen LogP contribution is 2.17. The van der Waals surface area contributed by atoms with E-state index in [0.29, 0.717) is 13.0 Å². The number of carbonyl (C=O) groups excluding carboxylic acids is 1. The Bertz CT molecular complexity index is 750. The molecule has 2 unspecified atom stereocenters. The van der Waals surface area contributed by atoms with E-state index in [1.807, 2.05) is 25.1 Å². The fourth-order valence-corrected chi connectivity index (χ4v) is 3.58. The van der Waals surface area contributed by atoms with Crippen molar-refractivity contribution >= 4 is 5.91 Å². The second kappa shape index (κ2) is 9.11. The molecule has 3 rings (SSSR count). The number of nitrogens with one attached hydrogen (secondary N) is 1. The average Bonchev–Trinajstić information content (AvgIpc) is 2.62. The molecule has 1 aliphatic rings. The molecule has 0 saturated carbocycles. The van der Waals surface area contributed by atoms with Gasteiger partial charge >= 0.3 is 0 Å². The lowest BCUT2D eigenvalue weighted by Gasteiger charge is -2.35. The Morgan fingerprint density at radius 3 is 2.52 bits per heavy atom. The number of amides is 1. The maximum absolute atomic E-state index is 12.3. The first-order valence-corrected chi connectivity index (χ1v) is 9.62. The highest BCUT2D eigenvalue weighted by Gasteiger charge is 2.22. The first-order valence-electron chi connectivity index (χ1n) is 9.62. The van der Waals surface area contributed by atoms with E-state index in [9.17, 15) is 4.79 Å².